The van der Waals surface area contributed by atoms with E-state index in [2.05, 4.69) is 181 Å². The highest BCUT2D eigenvalue weighted by atomic mass is 32.3. The molecule has 0 bridgehead atoms. The van der Waals surface area contributed by atoms with Crippen molar-refractivity contribution in [2.45, 2.75) is 9.79 Å². The molecule has 0 N–H and O–H groups in total. The Morgan fingerprint density at radius 1 is 0.519 bits per heavy atom. The van der Waals surface area contributed by atoms with Gasteiger partial charge in [-0.1, -0.05) is 103 Å². The standard InChI is InChI=1S/C48H33NOS2/c1-52(2)44-28-27-37-36-14-5-7-18-41(36)50-48(37)47(44)39-26-25-33(29-45(39)52)49(40-17-10-20-43-46(40)38-15-6-8-19-42(38)51-43)32-23-21-31(22-24-32)35-16-9-12-30-11-3-4-13-34(30)35/h3-29H,1-2H3. The van der Waals surface area contributed by atoms with Crippen molar-refractivity contribution < 1.29 is 4.42 Å². The summed E-state index contributed by atoms with van der Waals surface area (Å²) in [5, 5.41) is 7.47. The van der Waals surface area contributed by atoms with Crippen molar-refractivity contribution in [1.82, 2.24) is 0 Å². The Morgan fingerprint density at radius 3 is 2.12 bits per heavy atom. The molecule has 2 aromatic heterocycles. The smallest absolute Gasteiger partial charge is 0.144 e. The maximum atomic E-state index is 6.62. The molecule has 0 amide bonds. The van der Waals surface area contributed by atoms with Crippen molar-refractivity contribution in [3.05, 3.63) is 164 Å². The minimum absolute atomic E-state index is 0.943. The van der Waals surface area contributed by atoms with E-state index in [4.69, 9.17) is 4.42 Å². The second kappa shape index (κ2) is 11.1. The van der Waals surface area contributed by atoms with E-state index >= 15 is 0 Å². The van der Waals surface area contributed by atoms with Gasteiger partial charge in [0.25, 0.3) is 0 Å². The fraction of sp³-hybridized carbons (Fsp3) is 0.0417. The molecule has 1 aliphatic heterocycles. The number of nitrogens with zero attached hydrogens (tertiary/aromatic N) is 1. The molecule has 8 aromatic carbocycles. The molecule has 11 rings (SSSR count). The molecule has 4 heteroatoms. The Balaban J connectivity index is 1.13. The largest absolute Gasteiger partial charge is 0.455 e. The fourth-order valence-electron chi connectivity index (χ4n) is 8.49. The zero-order valence-corrected chi connectivity index (χ0v) is 30.4. The van der Waals surface area contributed by atoms with E-state index in [-0.39, 0.29) is 0 Å². The van der Waals surface area contributed by atoms with Crippen LogP contribution in [0.3, 0.4) is 0 Å². The molecule has 0 saturated carbocycles. The van der Waals surface area contributed by atoms with E-state index in [0.29, 0.717) is 0 Å². The highest BCUT2D eigenvalue weighted by molar-refractivity contribution is 8.33. The third kappa shape index (κ3) is 4.25. The van der Waals surface area contributed by atoms with Crippen LogP contribution < -0.4 is 4.90 Å². The first-order chi connectivity index (χ1) is 25.5. The van der Waals surface area contributed by atoms with Gasteiger partial charge >= 0.3 is 0 Å². The zero-order valence-electron chi connectivity index (χ0n) is 28.8. The van der Waals surface area contributed by atoms with Gasteiger partial charge in [0.05, 0.1) is 5.69 Å². The van der Waals surface area contributed by atoms with Crippen LogP contribution in [0.1, 0.15) is 0 Å². The van der Waals surface area contributed by atoms with Crippen molar-refractivity contribution in [2.75, 3.05) is 17.4 Å². The van der Waals surface area contributed by atoms with Gasteiger partial charge in [0.1, 0.15) is 11.2 Å². The van der Waals surface area contributed by atoms with Gasteiger partial charge in [-0.2, -0.15) is 10.0 Å². The van der Waals surface area contributed by atoms with Crippen LogP contribution in [0.15, 0.2) is 178 Å². The lowest BCUT2D eigenvalue weighted by molar-refractivity contribution is 0.669. The van der Waals surface area contributed by atoms with Gasteiger partial charge in [-0.3, -0.25) is 0 Å². The summed E-state index contributed by atoms with van der Waals surface area (Å²) in [4.78, 5) is 5.26. The van der Waals surface area contributed by atoms with Crippen LogP contribution in [0.25, 0.3) is 75.1 Å². The average molecular weight is 704 g/mol. The van der Waals surface area contributed by atoms with Gasteiger partial charge in [0.2, 0.25) is 0 Å². The van der Waals surface area contributed by atoms with Crippen LogP contribution in [-0.2, 0) is 0 Å². The maximum absolute atomic E-state index is 6.62. The molecule has 52 heavy (non-hydrogen) atoms. The van der Waals surface area contributed by atoms with Crippen molar-refractivity contribution in [3.63, 3.8) is 0 Å². The lowest BCUT2D eigenvalue weighted by Crippen LogP contribution is -2.11. The van der Waals surface area contributed by atoms with E-state index in [0.717, 1.165) is 22.5 Å². The number of para-hydroxylation sites is 1. The minimum atomic E-state index is -1.33. The van der Waals surface area contributed by atoms with Gasteiger partial charge in [0, 0.05) is 57.7 Å². The summed E-state index contributed by atoms with van der Waals surface area (Å²) in [6.45, 7) is 0. The Labute approximate surface area is 307 Å². The van der Waals surface area contributed by atoms with Crippen LogP contribution >= 0.6 is 21.4 Å². The molecule has 0 atom stereocenters. The summed E-state index contributed by atoms with van der Waals surface area (Å²) in [6, 6.07) is 60.1. The fourth-order valence-corrected chi connectivity index (χ4v) is 12.1. The van der Waals surface area contributed by atoms with E-state index in [1.807, 2.05) is 11.3 Å². The first-order valence-electron chi connectivity index (χ1n) is 17.7. The normalized spacial score (nSPS) is 14.0. The van der Waals surface area contributed by atoms with E-state index in [1.165, 1.54) is 79.4 Å². The second-order valence-electron chi connectivity index (χ2n) is 14.1. The molecule has 2 nitrogen and oxygen atoms in total. The Morgan fingerprint density at radius 2 is 1.23 bits per heavy atom. The Bertz CT molecular complexity index is 3050. The molecular weight excluding hydrogens is 671 g/mol. The van der Waals surface area contributed by atoms with Crippen LogP contribution in [0.5, 0.6) is 0 Å². The van der Waals surface area contributed by atoms with Gasteiger partial charge in [0.15, 0.2) is 0 Å². The van der Waals surface area contributed by atoms with Crippen LogP contribution in [-0.4, -0.2) is 12.5 Å². The molecular formula is C48H33NOS2. The van der Waals surface area contributed by atoms with Crippen LogP contribution in [0.2, 0.25) is 0 Å². The predicted molar refractivity (Wildman–Crippen MR) is 226 cm³/mol. The molecule has 0 saturated heterocycles. The predicted octanol–water partition coefficient (Wildman–Crippen LogP) is 14.7. The highest BCUT2D eigenvalue weighted by Crippen LogP contribution is 2.69. The summed E-state index contributed by atoms with van der Waals surface area (Å²) in [5.74, 6) is 0. The van der Waals surface area contributed by atoms with E-state index in [1.54, 1.807) is 0 Å². The third-order valence-electron chi connectivity index (χ3n) is 10.9. The van der Waals surface area contributed by atoms with Crippen molar-refractivity contribution >= 4 is 91.3 Å². The molecule has 0 fully saturated rings. The van der Waals surface area contributed by atoms with Gasteiger partial charge in [-0.05, 0) is 101 Å². The van der Waals surface area contributed by atoms with Gasteiger partial charge in [-0.25, -0.2) is 0 Å². The topological polar surface area (TPSA) is 16.4 Å². The average Bonchev–Trinajstić information content (AvgIpc) is 3.83. The van der Waals surface area contributed by atoms with Crippen molar-refractivity contribution in [2.24, 2.45) is 0 Å². The SMILES string of the molecule is CS1(C)c2cc(N(c3ccc(-c4cccc5ccccc45)cc3)c3cccc4sc5ccccc5c34)ccc2-c2c1ccc1c2oc2ccccc21. The maximum Gasteiger partial charge on any atom is 0.144 e. The number of fused-ring (bicyclic) bond motifs is 11. The second-order valence-corrected chi connectivity index (χ2v) is 18.7. The first kappa shape index (κ1) is 29.9. The summed E-state index contributed by atoms with van der Waals surface area (Å²) >= 11 is 1.87. The van der Waals surface area contributed by atoms with Crippen molar-refractivity contribution in [3.8, 4) is 22.3 Å². The number of hydrogen-bond acceptors (Lipinski definition) is 3. The number of furan rings is 1. The molecule has 0 aliphatic carbocycles. The van der Waals surface area contributed by atoms with Gasteiger partial charge < -0.3 is 9.32 Å². The first-order valence-corrected chi connectivity index (χ1v) is 20.9. The lowest BCUT2D eigenvalue weighted by atomic mass is 9.98. The molecule has 0 spiro atoms. The zero-order chi connectivity index (χ0) is 34.6. The monoisotopic (exact) mass is 703 g/mol. The molecule has 3 heterocycles. The van der Waals surface area contributed by atoms with Crippen molar-refractivity contribution in [1.29, 1.82) is 0 Å². The van der Waals surface area contributed by atoms with E-state index < -0.39 is 10.0 Å². The quantitative estimate of drug-likeness (QED) is 0.181. The Hall–Kier alpha value is -5.81. The van der Waals surface area contributed by atoms with Crippen LogP contribution in [0, 0.1) is 0 Å². The molecule has 0 radical (unpaired) electrons. The number of thiophene rings is 1. The molecule has 248 valence electrons. The summed E-state index contributed by atoms with van der Waals surface area (Å²) in [6.07, 6.45) is 4.87. The number of anilines is 3. The Kier molecular flexibility index (Phi) is 6.37. The number of benzene rings is 8. The number of hydrogen-bond donors (Lipinski definition) is 0. The number of rotatable bonds is 4. The lowest BCUT2D eigenvalue weighted by Gasteiger charge is -2.31. The molecule has 0 unspecified atom stereocenters. The summed E-state index contributed by atoms with van der Waals surface area (Å²) in [7, 11) is -1.33. The van der Waals surface area contributed by atoms with E-state index in [9.17, 15) is 0 Å². The molecule has 10 aromatic rings. The molecule has 1 aliphatic rings. The summed E-state index contributed by atoms with van der Waals surface area (Å²) in [5.41, 5.74) is 10.4. The minimum Gasteiger partial charge on any atom is -0.455 e. The van der Waals surface area contributed by atoms with Gasteiger partial charge in [-0.15, -0.1) is 11.3 Å². The summed E-state index contributed by atoms with van der Waals surface area (Å²) < 4.78 is 9.22. The third-order valence-corrected chi connectivity index (χ3v) is 15.0. The highest BCUT2D eigenvalue weighted by Gasteiger charge is 2.35. The van der Waals surface area contributed by atoms with Crippen LogP contribution in [0.4, 0.5) is 17.1 Å².